The standard InChI is InChI=1S/C17H15N3O/c18-11-12-5-1-2-8-15(12)20-17(21)14-6-3-9-16-13(14)7-4-10-19-16/h1-3,5-6,8-9,19H,4,7,10H2,(H,20,21). The summed E-state index contributed by atoms with van der Waals surface area (Å²) in [7, 11) is 0. The van der Waals surface area contributed by atoms with Gasteiger partial charge >= 0.3 is 0 Å². The molecule has 4 nitrogen and oxygen atoms in total. The largest absolute Gasteiger partial charge is 0.385 e. The summed E-state index contributed by atoms with van der Waals surface area (Å²) in [6.45, 7) is 0.940. The number of para-hydroxylation sites is 1. The summed E-state index contributed by atoms with van der Waals surface area (Å²) in [6.07, 6.45) is 1.91. The second kappa shape index (κ2) is 5.68. The number of anilines is 2. The number of carbonyl (C=O) groups is 1. The molecule has 1 amide bonds. The Morgan fingerprint density at radius 1 is 1.19 bits per heavy atom. The first kappa shape index (κ1) is 13.2. The Bertz CT molecular complexity index is 731. The molecular formula is C17H15N3O. The van der Waals surface area contributed by atoms with E-state index < -0.39 is 0 Å². The van der Waals surface area contributed by atoms with Gasteiger partial charge in [0.05, 0.1) is 11.3 Å². The fourth-order valence-electron chi connectivity index (χ4n) is 2.60. The molecule has 0 unspecified atom stereocenters. The monoisotopic (exact) mass is 277 g/mol. The van der Waals surface area contributed by atoms with Crippen LogP contribution in [0.1, 0.15) is 27.9 Å². The minimum Gasteiger partial charge on any atom is -0.385 e. The lowest BCUT2D eigenvalue weighted by molar-refractivity contribution is 0.102. The molecule has 3 rings (SSSR count). The smallest absolute Gasteiger partial charge is 0.256 e. The van der Waals surface area contributed by atoms with Gasteiger partial charge in [0, 0.05) is 17.8 Å². The van der Waals surface area contributed by atoms with E-state index in [2.05, 4.69) is 16.7 Å². The highest BCUT2D eigenvalue weighted by atomic mass is 16.1. The van der Waals surface area contributed by atoms with Crippen molar-refractivity contribution < 1.29 is 4.79 Å². The van der Waals surface area contributed by atoms with Crippen molar-refractivity contribution in [2.75, 3.05) is 17.2 Å². The Hall–Kier alpha value is -2.80. The number of nitrogens with one attached hydrogen (secondary N) is 2. The van der Waals surface area contributed by atoms with Crippen molar-refractivity contribution in [1.29, 1.82) is 5.26 Å². The van der Waals surface area contributed by atoms with Crippen molar-refractivity contribution in [2.45, 2.75) is 12.8 Å². The van der Waals surface area contributed by atoms with Gasteiger partial charge in [0.2, 0.25) is 0 Å². The normalized spacial score (nSPS) is 12.7. The maximum atomic E-state index is 12.5. The predicted octanol–water partition coefficient (Wildman–Crippen LogP) is 3.17. The van der Waals surface area contributed by atoms with E-state index in [9.17, 15) is 4.79 Å². The average molecular weight is 277 g/mol. The molecule has 0 atom stereocenters. The third-order valence-electron chi connectivity index (χ3n) is 3.64. The van der Waals surface area contributed by atoms with Crippen molar-refractivity contribution in [2.24, 2.45) is 0 Å². The molecule has 2 N–H and O–H groups in total. The lowest BCUT2D eigenvalue weighted by Crippen LogP contribution is -2.19. The van der Waals surface area contributed by atoms with Crippen LogP contribution in [0.15, 0.2) is 42.5 Å². The number of rotatable bonds is 2. The molecule has 0 fully saturated rings. The molecule has 0 saturated heterocycles. The molecule has 0 spiro atoms. The van der Waals surface area contributed by atoms with Crippen molar-refractivity contribution in [3.8, 4) is 6.07 Å². The first-order valence-electron chi connectivity index (χ1n) is 6.96. The van der Waals surface area contributed by atoms with Gasteiger partial charge in [0.15, 0.2) is 0 Å². The van der Waals surface area contributed by atoms with Crippen molar-refractivity contribution in [3.05, 3.63) is 59.2 Å². The number of benzene rings is 2. The van der Waals surface area contributed by atoms with Crippen LogP contribution in [-0.2, 0) is 6.42 Å². The molecule has 1 aliphatic heterocycles. The van der Waals surface area contributed by atoms with Crippen LogP contribution in [0.5, 0.6) is 0 Å². The Morgan fingerprint density at radius 2 is 2.05 bits per heavy atom. The number of amides is 1. The van der Waals surface area contributed by atoms with Crippen LogP contribution >= 0.6 is 0 Å². The topological polar surface area (TPSA) is 64.9 Å². The van der Waals surface area contributed by atoms with Gasteiger partial charge in [-0.15, -0.1) is 0 Å². The van der Waals surface area contributed by atoms with Crippen LogP contribution in [0, 0.1) is 11.3 Å². The minimum absolute atomic E-state index is 0.168. The van der Waals surface area contributed by atoms with E-state index >= 15 is 0 Å². The van der Waals surface area contributed by atoms with E-state index in [1.165, 1.54) is 0 Å². The summed E-state index contributed by atoms with van der Waals surface area (Å²) in [5, 5.41) is 15.2. The van der Waals surface area contributed by atoms with E-state index in [0.29, 0.717) is 16.8 Å². The highest BCUT2D eigenvalue weighted by Gasteiger charge is 2.17. The van der Waals surface area contributed by atoms with Gasteiger partial charge in [-0.1, -0.05) is 18.2 Å². The van der Waals surface area contributed by atoms with Gasteiger partial charge in [0.25, 0.3) is 5.91 Å². The van der Waals surface area contributed by atoms with Gasteiger partial charge in [0.1, 0.15) is 6.07 Å². The van der Waals surface area contributed by atoms with Crippen LogP contribution in [0.3, 0.4) is 0 Å². The molecule has 0 saturated carbocycles. The summed E-state index contributed by atoms with van der Waals surface area (Å²) in [4.78, 5) is 12.5. The molecule has 0 radical (unpaired) electrons. The van der Waals surface area contributed by atoms with Gasteiger partial charge in [-0.05, 0) is 42.7 Å². The first-order valence-corrected chi connectivity index (χ1v) is 6.96. The van der Waals surface area contributed by atoms with Crippen LogP contribution in [-0.4, -0.2) is 12.5 Å². The molecule has 0 aromatic heterocycles. The van der Waals surface area contributed by atoms with E-state index in [4.69, 9.17) is 5.26 Å². The van der Waals surface area contributed by atoms with Crippen molar-refractivity contribution in [3.63, 3.8) is 0 Å². The lowest BCUT2D eigenvalue weighted by Gasteiger charge is -2.20. The Labute approximate surface area is 123 Å². The maximum absolute atomic E-state index is 12.5. The van der Waals surface area contributed by atoms with E-state index in [1.807, 2.05) is 18.2 Å². The molecule has 4 heteroatoms. The molecule has 104 valence electrons. The Balaban J connectivity index is 1.91. The van der Waals surface area contributed by atoms with Crippen LogP contribution in [0.2, 0.25) is 0 Å². The van der Waals surface area contributed by atoms with Crippen molar-refractivity contribution in [1.82, 2.24) is 0 Å². The highest BCUT2D eigenvalue weighted by Crippen LogP contribution is 2.26. The molecule has 21 heavy (non-hydrogen) atoms. The average Bonchev–Trinajstić information content (AvgIpc) is 2.54. The molecule has 0 aliphatic carbocycles. The summed E-state index contributed by atoms with van der Waals surface area (Å²) >= 11 is 0. The predicted molar refractivity (Wildman–Crippen MR) is 82.4 cm³/mol. The number of fused-ring (bicyclic) bond motifs is 1. The molecule has 2 aromatic rings. The molecule has 2 aromatic carbocycles. The van der Waals surface area contributed by atoms with Gasteiger partial charge in [-0.25, -0.2) is 0 Å². The molecule has 1 heterocycles. The number of carbonyl (C=O) groups excluding carboxylic acids is 1. The van der Waals surface area contributed by atoms with Crippen LogP contribution < -0.4 is 10.6 Å². The fraction of sp³-hybridized carbons (Fsp3) is 0.176. The number of hydrogen-bond acceptors (Lipinski definition) is 3. The van der Waals surface area contributed by atoms with E-state index in [1.54, 1.807) is 24.3 Å². The Kier molecular flexibility index (Phi) is 3.57. The quantitative estimate of drug-likeness (QED) is 0.886. The third kappa shape index (κ3) is 2.59. The first-order chi connectivity index (χ1) is 10.3. The molecule has 1 aliphatic rings. The summed E-state index contributed by atoms with van der Waals surface area (Å²) < 4.78 is 0. The zero-order valence-corrected chi connectivity index (χ0v) is 11.5. The second-order valence-electron chi connectivity index (χ2n) is 4.97. The SMILES string of the molecule is N#Cc1ccccc1NC(=O)c1cccc2c1CCCN2. The zero-order chi connectivity index (χ0) is 14.7. The number of hydrogen-bond donors (Lipinski definition) is 2. The van der Waals surface area contributed by atoms with Crippen LogP contribution in [0.25, 0.3) is 0 Å². The Morgan fingerprint density at radius 3 is 2.90 bits per heavy atom. The van der Waals surface area contributed by atoms with Crippen molar-refractivity contribution >= 4 is 17.3 Å². The number of nitriles is 1. The van der Waals surface area contributed by atoms with Gasteiger partial charge in [-0.2, -0.15) is 5.26 Å². The molecular weight excluding hydrogens is 262 g/mol. The lowest BCUT2D eigenvalue weighted by atomic mass is 9.97. The fourth-order valence-corrected chi connectivity index (χ4v) is 2.60. The second-order valence-corrected chi connectivity index (χ2v) is 4.97. The number of nitrogens with zero attached hydrogens (tertiary/aromatic N) is 1. The van der Waals surface area contributed by atoms with Crippen LogP contribution in [0.4, 0.5) is 11.4 Å². The minimum atomic E-state index is -0.168. The summed E-state index contributed by atoms with van der Waals surface area (Å²) in [5.74, 6) is -0.168. The maximum Gasteiger partial charge on any atom is 0.256 e. The highest BCUT2D eigenvalue weighted by molar-refractivity contribution is 6.06. The van der Waals surface area contributed by atoms with Gasteiger partial charge < -0.3 is 10.6 Å². The van der Waals surface area contributed by atoms with E-state index in [-0.39, 0.29) is 5.91 Å². The zero-order valence-electron chi connectivity index (χ0n) is 11.5. The summed E-state index contributed by atoms with van der Waals surface area (Å²) in [6, 6.07) is 14.8. The third-order valence-corrected chi connectivity index (χ3v) is 3.64. The van der Waals surface area contributed by atoms with Gasteiger partial charge in [-0.3, -0.25) is 4.79 Å². The molecule has 0 bridgehead atoms. The van der Waals surface area contributed by atoms with E-state index in [0.717, 1.165) is 30.6 Å². The summed E-state index contributed by atoms with van der Waals surface area (Å²) in [5.41, 5.74) is 3.77.